The van der Waals surface area contributed by atoms with E-state index in [0.29, 0.717) is 0 Å². The zero-order chi connectivity index (χ0) is 12.8. The second-order valence-corrected chi connectivity index (χ2v) is 6.27. The monoisotopic (exact) mass is 253 g/mol. The molecule has 0 saturated carbocycles. The predicted octanol–water partition coefficient (Wildman–Crippen LogP) is 1.93. The maximum Gasteiger partial charge on any atom is 0.00914 e. The van der Waals surface area contributed by atoms with Gasteiger partial charge >= 0.3 is 0 Å². The molecule has 0 spiro atoms. The van der Waals surface area contributed by atoms with Gasteiger partial charge in [0.15, 0.2) is 0 Å². The molecular weight excluding hydrogens is 222 g/mol. The topological polar surface area (TPSA) is 18.5 Å². The van der Waals surface area contributed by atoms with Gasteiger partial charge in [0, 0.05) is 12.1 Å². The van der Waals surface area contributed by atoms with Crippen LogP contribution in [0.2, 0.25) is 0 Å². The van der Waals surface area contributed by atoms with Crippen LogP contribution in [0.15, 0.2) is 0 Å². The first-order valence-electron chi connectivity index (χ1n) is 7.91. The third kappa shape index (κ3) is 4.52. The van der Waals surface area contributed by atoms with E-state index in [-0.39, 0.29) is 0 Å². The fourth-order valence-electron chi connectivity index (χ4n) is 3.29. The molecule has 0 amide bonds. The van der Waals surface area contributed by atoms with Crippen molar-refractivity contribution < 1.29 is 0 Å². The molecule has 2 heterocycles. The molecule has 1 atom stereocenters. The second-order valence-electron chi connectivity index (χ2n) is 6.27. The Balaban J connectivity index is 1.53. The highest BCUT2D eigenvalue weighted by Gasteiger charge is 2.18. The van der Waals surface area contributed by atoms with Crippen molar-refractivity contribution in [1.82, 2.24) is 15.1 Å². The van der Waals surface area contributed by atoms with Crippen molar-refractivity contribution >= 4 is 0 Å². The smallest absolute Gasteiger partial charge is 0.00914 e. The van der Waals surface area contributed by atoms with Crippen LogP contribution in [-0.4, -0.2) is 61.7 Å². The highest BCUT2D eigenvalue weighted by atomic mass is 15.2. The highest BCUT2D eigenvalue weighted by molar-refractivity contribution is 4.76. The van der Waals surface area contributed by atoms with Crippen molar-refractivity contribution in [3.8, 4) is 0 Å². The van der Waals surface area contributed by atoms with Crippen LogP contribution in [0.1, 0.15) is 45.4 Å². The van der Waals surface area contributed by atoms with Gasteiger partial charge in [0.1, 0.15) is 0 Å². The average Bonchev–Trinajstić information content (AvgIpc) is 2.39. The maximum atomic E-state index is 3.74. The maximum absolute atomic E-state index is 3.74. The van der Waals surface area contributed by atoms with Crippen LogP contribution in [0.5, 0.6) is 0 Å². The first kappa shape index (κ1) is 14.3. The number of nitrogens with zero attached hydrogens (tertiary/aromatic N) is 2. The Bertz CT molecular complexity index is 224. The van der Waals surface area contributed by atoms with Crippen LogP contribution < -0.4 is 5.32 Å². The summed E-state index contributed by atoms with van der Waals surface area (Å²) in [6.45, 7) is 8.75. The van der Waals surface area contributed by atoms with Crippen LogP contribution in [0.4, 0.5) is 0 Å². The van der Waals surface area contributed by atoms with Gasteiger partial charge in [-0.05, 0) is 78.8 Å². The fourth-order valence-corrected chi connectivity index (χ4v) is 3.29. The van der Waals surface area contributed by atoms with Crippen LogP contribution in [-0.2, 0) is 0 Å². The minimum atomic E-state index is 0.778. The van der Waals surface area contributed by atoms with Gasteiger partial charge < -0.3 is 15.1 Å². The molecular formula is C15H31N3. The largest absolute Gasteiger partial charge is 0.314 e. The molecule has 0 aromatic carbocycles. The van der Waals surface area contributed by atoms with E-state index in [1.165, 1.54) is 71.2 Å². The summed E-state index contributed by atoms with van der Waals surface area (Å²) in [6, 6.07) is 1.60. The van der Waals surface area contributed by atoms with Crippen LogP contribution in [0, 0.1) is 0 Å². The Morgan fingerprint density at radius 1 is 1.06 bits per heavy atom. The summed E-state index contributed by atoms with van der Waals surface area (Å²) >= 11 is 0. The molecule has 18 heavy (non-hydrogen) atoms. The van der Waals surface area contributed by atoms with Crippen molar-refractivity contribution in [1.29, 1.82) is 0 Å². The van der Waals surface area contributed by atoms with Gasteiger partial charge in [0.05, 0.1) is 0 Å². The molecule has 0 aromatic heterocycles. The molecule has 0 aliphatic carbocycles. The molecule has 0 radical (unpaired) electrons. The molecule has 3 heteroatoms. The average molecular weight is 253 g/mol. The first-order chi connectivity index (χ1) is 8.75. The van der Waals surface area contributed by atoms with E-state index >= 15 is 0 Å². The van der Waals surface area contributed by atoms with Crippen molar-refractivity contribution in [3.05, 3.63) is 0 Å². The number of hydrogen-bond donors (Lipinski definition) is 1. The molecule has 0 aromatic rings. The molecule has 0 bridgehead atoms. The van der Waals surface area contributed by atoms with Gasteiger partial charge in [-0.15, -0.1) is 0 Å². The Morgan fingerprint density at radius 2 is 1.83 bits per heavy atom. The number of piperidine rings is 2. The van der Waals surface area contributed by atoms with Crippen molar-refractivity contribution in [3.63, 3.8) is 0 Å². The zero-order valence-electron chi connectivity index (χ0n) is 12.3. The van der Waals surface area contributed by atoms with E-state index in [2.05, 4.69) is 29.1 Å². The van der Waals surface area contributed by atoms with E-state index in [0.717, 1.165) is 12.1 Å². The number of hydrogen-bond acceptors (Lipinski definition) is 3. The van der Waals surface area contributed by atoms with E-state index in [1.54, 1.807) is 0 Å². The Labute approximate surface area is 113 Å². The van der Waals surface area contributed by atoms with Crippen LogP contribution in [0.3, 0.4) is 0 Å². The Morgan fingerprint density at radius 3 is 2.56 bits per heavy atom. The summed E-state index contributed by atoms with van der Waals surface area (Å²) < 4.78 is 0. The van der Waals surface area contributed by atoms with E-state index in [1.807, 2.05) is 0 Å². The molecule has 2 aliphatic heterocycles. The molecule has 2 saturated heterocycles. The van der Waals surface area contributed by atoms with Gasteiger partial charge in [-0.1, -0.05) is 6.42 Å². The third-order valence-corrected chi connectivity index (χ3v) is 4.71. The van der Waals surface area contributed by atoms with Crippen molar-refractivity contribution in [2.45, 2.75) is 57.5 Å². The van der Waals surface area contributed by atoms with E-state index < -0.39 is 0 Å². The highest BCUT2D eigenvalue weighted by Crippen LogP contribution is 2.16. The summed E-state index contributed by atoms with van der Waals surface area (Å²) in [6.07, 6.45) is 8.23. The van der Waals surface area contributed by atoms with Gasteiger partial charge in [0.25, 0.3) is 0 Å². The van der Waals surface area contributed by atoms with Crippen molar-refractivity contribution in [2.24, 2.45) is 0 Å². The summed E-state index contributed by atoms with van der Waals surface area (Å²) in [5.74, 6) is 0. The molecule has 2 rings (SSSR count). The van der Waals surface area contributed by atoms with Crippen LogP contribution in [0.25, 0.3) is 0 Å². The lowest BCUT2D eigenvalue weighted by Crippen LogP contribution is -2.42. The fraction of sp³-hybridized carbons (Fsp3) is 1.00. The molecule has 1 unspecified atom stereocenters. The summed E-state index contributed by atoms with van der Waals surface area (Å²) in [5, 5.41) is 3.74. The lowest BCUT2D eigenvalue weighted by Gasteiger charge is -2.34. The van der Waals surface area contributed by atoms with Gasteiger partial charge in [-0.2, -0.15) is 0 Å². The van der Waals surface area contributed by atoms with Gasteiger partial charge in [0.2, 0.25) is 0 Å². The van der Waals surface area contributed by atoms with Crippen molar-refractivity contribution in [2.75, 3.05) is 39.8 Å². The number of rotatable bonds is 5. The second kappa shape index (κ2) is 7.46. The lowest BCUT2D eigenvalue weighted by molar-refractivity contribution is 0.157. The molecule has 106 valence electrons. The standard InChI is InChI=1S/C15H31N3/c1-14-6-3-4-10-18(14)11-5-9-16-15-7-12-17(2)13-8-15/h14-16H,3-13H2,1-2H3. The number of nitrogens with one attached hydrogen (secondary N) is 1. The summed E-state index contributed by atoms with van der Waals surface area (Å²) in [4.78, 5) is 5.12. The Kier molecular flexibility index (Phi) is 5.93. The SMILES string of the molecule is CC1CCCCN1CCCNC1CCN(C)CC1. The molecule has 1 N–H and O–H groups in total. The predicted molar refractivity (Wildman–Crippen MR) is 78.0 cm³/mol. The van der Waals surface area contributed by atoms with E-state index in [9.17, 15) is 0 Å². The third-order valence-electron chi connectivity index (χ3n) is 4.71. The van der Waals surface area contributed by atoms with Gasteiger partial charge in [-0.25, -0.2) is 0 Å². The minimum Gasteiger partial charge on any atom is -0.314 e. The quantitative estimate of drug-likeness (QED) is 0.755. The minimum absolute atomic E-state index is 0.778. The van der Waals surface area contributed by atoms with Gasteiger partial charge in [-0.3, -0.25) is 0 Å². The first-order valence-corrected chi connectivity index (χ1v) is 7.91. The summed E-state index contributed by atoms with van der Waals surface area (Å²) in [7, 11) is 2.23. The molecule has 3 nitrogen and oxygen atoms in total. The Hall–Kier alpha value is -0.120. The molecule has 2 fully saturated rings. The zero-order valence-corrected chi connectivity index (χ0v) is 12.3. The van der Waals surface area contributed by atoms with Crippen LogP contribution >= 0.6 is 0 Å². The lowest BCUT2D eigenvalue weighted by atomic mass is 10.0. The normalized spacial score (nSPS) is 28.7. The number of likely N-dealkylation sites (tertiary alicyclic amines) is 2. The molecule has 2 aliphatic rings. The summed E-state index contributed by atoms with van der Waals surface area (Å²) in [5.41, 5.74) is 0. The van der Waals surface area contributed by atoms with E-state index in [4.69, 9.17) is 0 Å².